The van der Waals surface area contributed by atoms with Gasteiger partial charge in [-0.2, -0.15) is 5.26 Å². The molecule has 0 saturated carbocycles. The summed E-state index contributed by atoms with van der Waals surface area (Å²) in [5.41, 5.74) is 6.92. The molecule has 1 unspecified atom stereocenters. The lowest BCUT2D eigenvalue weighted by Crippen LogP contribution is -2.41. The van der Waals surface area contributed by atoms with Crippen LogP contribution in [-0.2, 0) is 24.2 Å². The molecular formula is C26H30N4O. The van der Waals surface area contributed by atoms with Crippen molar-refractivity contribution in [3.8, 4) is 6.07 Å². The van der Waals surface area contributed by atoms with Crippen LogP contribution < -0.4 is 10.2 Å². The summed E-state index contributed by atoms with van der Waals surface area (Å²) in [6, 6.07) is 16.9. The Morgan fingerprint density at radius 1 is 1.26 bits per heavy atom. The summed E-state index contributed by atoms with van der Waals surface area (Å²) in [6.07, 6.45) is 2.66. The standard InChI is InChI=1S/C26H30N4O/c1-17(2)26(31)28-20-10-12-25-22(14-20)21-13-18(15-27)9-11-24(21)30(25)16-19-7-5-6-8-23(19)29(3)4/h5-9,11,13,17,20H,10,12,14,16H2,1-4H3,(H,28,31). The average Bonchev–Trinajstić information content (AvgIpc) is 3.06. The Hall–Kier alpha value is -3.26. The van der Waals surface area contributed by atoms with Crippen LogP contribution >= 0.6 is 0 Å². The summed E-state index contributed by atoms with van der Waals surface area (Å²) < 4.78 is 2.41. The summed E-state index contributed by atoms with van der Waals surface area (Å²) in [4.78, 5) is 14.4. The van der Waals surface area contributed by atoms with Crippen LogP contribution in [0.5, 0.6) is 0 Å². The summed E-state index contributed by atoms with van der Waals surface area (Å²) in [5.74, 6) is 0.0882. The molecule has 5 heteroatoms. The van der Waals surface area contributed by atoms with Crippen molar-refractivity contribution in [2.45, 2.75) is 45.7 Å². The van der Waals surface area contributed by atoms with E-state index in [9.17, 15) is 10.1 Å². The van der Waals surface area contributed by atoms with Crippen LogP contribution in [0.25, 0.3) is 10.9 Å². The molecule has 3 aromatic rings. The molecule has 0 fully saturated rings. The third-order valence-corrected chi connectivity index (χ3v) is 6.27. The number of anilines is 1. The zero-order valence-corrected chi connectivity index (χ0v) is 18.8. The molecule has 0 bridgehead atoms. The number of para-hydroxylation sites is 1. The summed E-state index contributed by atoms with van der Waals surface area (Å²) in [7, 11) is 4.15. The Morgan fingerprint density at radius 3 is 2.74 bits per heavy atom. The Morgan fingerprint density at radius 2 is 2.03 bits per heavy atom. The van der Waals surface area contributed by atoms with Crippen LogP contribution in [0, 0.1) is 17.2 Å². The zero-order valence-electron chi connectivity index (χ0n) is 18.8. The van der Waals surface area contributed by atoms with Crippen LogP contribution in [0.4, 0.5) is 5.69 Å². The van der Waals surface area contributed by atoms with Gasteiger partial charge in [0.05, 0.1) is 11.6 Å². The van der Waals surface area contributed by atoms with Crippen molar-refractivity contribution >= 4 is 22.5 Å². The highest BCUT2D eigenvalue weighted by atomic mass is 16.1. The number of carbonyl (C=O) groups is 1. The van der Waals surface area contributed by atoms with E-state index in [4.69, 9.17) is 0 Å². The lowest BCUT2D eigenvalue weighted by atomic mass is 9.90. The van der Waals surface area contributed by atoms with Gasteiger partial charge in [0.15, 0.2) is 0 Å². The number of nitriles is 1. The molecule has 0 spiro atoms. The van der Waals surface area contributed by atoms with Crippen LogP contribution in [0.3, 0.4) is 0 Å². The number of nitrogens with zero attached hydrogens (tertiary/aromatic N) is 3. The van der Waals surface area contributed by atoms with Crippen molar-refractivity contribution in [3.05, 3.63) is 64.8 Å². The van der Waals surface area contributed by atoms with Crippen molar-refractivity contribution in [1.29, 1.82) is 5.26 Å². The second-order valence-corrected chi connectivity index (χ2v) is 8.98. The Kier molecular flexibility index (Phi) is 5.73. The van der Waals surface area contributed by atoms with Gasteiger partial charge in [-0.1, -0.05) is 32.0 Å². The first-order chi connectivity index (χ1) is 14.9. The van der Waals surface area contributed by atoms with Crippen molar-refractivity contribution in [2.24, 2.45) is 5.92 Å². The van der Waals surface area contributed by atoms with Gasteiger partial charge in [0.25, 0.3) is 0 Å². The maximum absolute atomic E-state index is 12.3. The minimum atomic E-state index is -0.0181. The number of hydrogen-bond donors (Lipinski definition) is 1. The molecule has 1 heterocycles. The molecule has 1 aromatic heterocycles. The third kappa shape index (κ3) is 4.03. The fraction of sp³-hybridized carbons (Fsp3) is 0.385. The fourth-order valence-electron chi connectivity index (χ4n) is 4.64. The molecule has 0 aliphatic heterocycles. The number of nitrogens with one attached hydrogen (secondary N) is 1. The molecule has 2 aromatic carbocycles. The molecule has 1 amide bonds. The van der Waals surface area contributed by atoms with E-state index in [1.54, 1.807) is 0 Å². The number of benzene rings is 2. The summed E-state index contributed by atoms with van der Waals surface area (Å²) in [5, 5.41) is 13.8. The van der Waals surface area contributed by atoms with Gasteiger partial charge in [-0.05, 0) is 54.7 Å². The topological polar surface area (TPSA) is 61.1 Å². The van der Waals surface area contributed by atoms with E-state index in [2.05, 4.69) is 65.3 Å². The lowest BCUT2D eigenvalue weighted by molar-refractivity contribution is -0.124. The second kappa shape index (κ2) is 8.47. The van der Waals surface area contributed by atoms with Crippen molar-refractivity contribution < 1.29 is 4.79 Å². The molecule has 1 atom stereocenters. The van der Waals surface area contributed by atoms with E-state index < -0.39 is 0 Å². The molecule has 5 nitrogen and oxygen atoms in total. The lowest BCUT2D eigenvalue weighted by Gasteiger charge is -2.26. The SMILES string of the molecule is CC(C)C(=O)NC1CCc2c(c3cc(C#N)ccc3n2Cc2ccccc2N(C)C)C1. The molecule has 1 aliphatic rings. The zero-order chi connectivity index (χ0) is 22.1. The fourth-order valence-corrected chi connectivity index (χ4v) is 4.64. The number of carbonyl (C=O) groups excluding carboxylic acids is 1. The first kappa shape index (κ1) is 21.0. The molecule has 1 aliphatic carbocycles. The average molecular weight is 415 g/mol. The first-order valence-electron chi connectivity index (χ1n) is 11.0. The van der Waals surface area contributed by atoms with E-state index in [1.807, 2.05) is 26.0 Å². The van der Waals surface area contributed by atoms with E-state index >= 15 is 0 Å². The molecule has 0 saturated heterocycles. The van der Waals surface area contributed by atoms with Crippen LogP contribution in [0.1, 0.15) is 42.7 Å². The van der Waals surface area contributed by atoms with Gasteiger partial charge < -0.3 is 14.8 Å². The number of hydrogen-bond acceptors (Lipinski definition) is 3. The van der Waals surface area contributed by atoms with Gasteiger partial charge in [0.1, 0.15) is 0 Å². The van der Waals surface area contributed by atoms with Gasteiger partial charge in [0, 0.05) is 54.9 Å². The predicted molar refractivity (Wildman–Crippen MR) is 125 cm³/mol. The summed E-state index contributed by atoms with van der Waals surface area (Å²) >= 11 is 0. The van der Waals surface area contributed by atoms with Gasteiger partial charge >= 0.3 is 0 Å². The third-order valence-electron chi connectivity index (χ3n) is 6.27. The molecule has 1 N–H and O–H groups in total. The Labute approximate surface area is 184 Å². The highest BCUT2D eigenvalue weighted by molar-refractivity contribution is 5.87. The van der Waals surface area contributed by atoms with Gasteiger partial charge in [-0.25, -0.2) is 0 Å². The smallest absolute Gasteiger partial charge is 0.222 e. The highest BCUT2D eigenvalue weighted by Gasteiger charge is 2.27. The second-order valence-electron chi connectivity index (χ2n) is 8.98. The van der Waals surface area contributed by atoms with Crippen molar-refractivity contribution in [1.82, 2.24) is 9.88 Å². The van der Waals surface area contributed by atoms with E-state index in [-0.39, 0.29) is 17.9 Å². The minimum absolute atomic E-state index is 0.0181. The molecular weight excluding hydrogens is 384 g/mol. The number of rotatable bonds is 5. The van der Waals surface area contributed by atoms with Crippen molar-refractivity contribution in [2.75, 3.05) is 19.0 Å². The number of aromatic nitrogens is 1. The van der Waals surface area contributed by atoms with Gasteiger partial charge in [-0.3, -0.25) is 4.79 Å². The van der Waals surface area contributed by atoms with Crippen molar-refractivity contribution in [3.63, 3.8) is 0 Å². The Bertz CT molecular complexity index is 1170. The molecule has 0 radical (unpaired) electrons. The number of fused-ring (bicyclic) bond motifs is 3. The molecule has 4 rings (SSSR count). The predicted octanol–water partition coefficient (Wildman–Crippen LogP) is 4.26. The largest absolute Gasteiger partial charge is 0.377 e. The quantitative estimate of drug-likeness (QED) is 0.679. The van der Waals surface area contributed by atoms with Gasteiger partial charge in [-0.15, -0.1) is 0 Å². The van der Waals surface area contributed by atoms with Crippen LogP contribution in [-0.4, -0.2) is 30.6 Å². The van der Waals surface area contributed by atoms with E-state index in [1.165, 1.54) is 22.5 Å². The maximum atomic E-state index is 12.3. The molecule has 160 valence electrons. The van der Waals surface area contributed by atoms with Crippen LogP contribution in [0.15, 0.2) is 42.5 Å². The van der Waals surface area contributed by atoms with Crippen LogP contribution in [0.2, 0.25) is 0 Å². The van der Waals surface area contributed by atoms with Gasteiger partial charge in [0.2, 0.25) is 5.91 Å². The molecule has 31 heavy (non-hydrogen) atoms. The maximum Gasteiger partial charge on any atom is 0.222 e. The first-order valence-corrected chi connectivity index (χ1v) is 11.0. The minimum Gasteiger partial charge on any atom is -0.377 e. The monoisotopic (exact) mass is 414 g/mol. The van der Waals surface area contributed by atoms with E-state index in [0.29, 0.717) is 5.56 Å². The highest BCUT2D eigenvalue weighted by Crippen LogP contribution is 2.34. The number of amides is 1. The normalized spacial score (nSPS) is 15.5. The summed E-state index contributed by atoms with van der Waals surface area (Å²) in [6.45, 7) is 4.64. The van der Waals surface area contributed by atoms with E-state index in [0.717, 1.165) is 36.7 Å². The Balaban J connectivity index is 1.78.